The number of hydrazone groups is 1. The summed E-state index contributed by atoms with van der Waals surface area (Å²) in [5.74, 6) is 0.376. The van der Waals surface area contributed by atoms with Crippen molar-refractivity contribution in [2.24, 2.45) is 21.8 Å². The van der Waals surface area contributed by atoms with E-state index < -0.39 is 0 Å². The van der Waals surface area contributed by atoms with Gasteiger partial charge in [-0.25, -0.2) is 0 Å². The zero-order valence-corrected chi connectivity index (χ0v) is 15.8. The van der Waals surface area contributed by atoms with Crippen LogP contribution in [0.1, 0.15) is 33.6 Å². The number of hydrogen-bond acceptors (Lipinski definition) is 3. The molecule has 2 aliphatic carbocycles. The Morgan fingerprint density at radius 3 is 2.52 bits per heavy atom. The van der Waals surface area contributed by atoms with Crippen molar-refractivity contribution in [3.63, 3.8) is 0 Å². The summed E-state index contributed by atoms with van der Waals surface area (Å²) in [6.07, 6.45) is 1.97. The summed E-state index contributed by atoms with van der Waals surface area (Å²) >= 11 is 8.65. The van der Waals surface area contributed by atoms with Crippen molar-refractivity contribution in [3.05, 3.63) is 28.7 Å². The number of carbonyl (C=O) groups is 1. The molecule has 6 heteroatoms. The van der Waals surface area contributed by atoms with Crippen LogP contribution in [0.5, 0.6) is 0 Å². The molecule has 4 nitrogen and oxygen atoms in total. The van der Waals surface area contributed by atoms with Gasteiger partial charge in [-0.15, -0.1) is 0 Å². The normalized spacial score (nSPS) is 29.8. The maximum Gasteiger partial charge on any atom is 0.191 e. The zero-order chi connectivity index (χ0) is 16.8. The van der Waals surface area contributed by atoms with Crippen LogP contribution in [0.3, 0.4) is 0 Å². The van der Waals surface area contributed by atoms with Gasteiger partial charge >= 0.3 is 0 Å². The minimum absolute atomic E-state index is 0.0364. The lowest BCUT2D eigenvalue weighted by molar-refractivity contribution is -0.123. The molecule has 0 heterocycles. The van der Waals surface area contributed by atoms with Crippen molar-refractivity contribution >= 4 is 50.4 Å². The number of ketones is 1. The number of nitrogens with zero attached hydrogens (tertiary/aromatic N) is 1. The van der Waals surface area contributed by atoms with Crippen molar-refractivity contribution in [3.8, 4) is 0 Å². The topological polar surface area (TPSA) is 53.5 Å². The third kappa shape index (κ3) is 2.62. The minimum Gasteiger partial charge on any atom is -0.331 e. The van der Waals surface area contributed by atoms with E-state index in [0.29, 0.717) is 10.8 Å². The van der Waals surface area contributed by atoms with E-state index in [1.54, 1.807) is 0 Å². The molecular weight excluding hydrogens is 374 g/mol. The van der Waals surface area contributed by atoms with Gasteiger partial charge in [0.25, 0.3) is 0 Å². The van der Waals surface area contributed by atoms with Gasteiger partial charge < -0.3 is 5.32 Å². The number of nitrogens with one attached hydrogen (secondary N) is 2. The first-order chi connectivity index (χ1) is 10.8. The van der Waals surface area contributed by atoms with Crippen LogP contribution >= 0.6 is 28.1 Å². The molecule has 2 fully saturated rings. The molecule has 3 rings (SSSR count). The van der Waals surface area contributed by atoms with Crippen molar-refractivity contribution in [2.75, 3.05) is 5.32 Å². The Kier molecular flexibility index (Phi) is 4.09. The maximum atomic E-state index is 12.7. The van der Waals surface area contributed by atoms with E-state index in [2.05, 4.69) is 52.5 Å². The Morgan fingerprint density at radius 1 is 1.30 bits per heavy atom. The third-order valence-corrected chi connectivity index (χ3v) is 6.39. The zero-order valence-electron chi connectivity index (χ0n) is 13.4. The van der Waals surface area contributed by atoms with Crippen LogP contribution in [-0.2, 0) is 4.79 Å². The highest BCUT2D eigenvalue weighted by molar-refractivity contribution is 9.10. The standard InChI is InChI=1S/C17H20BrN3OS/c1-16(2)12-8-9-17(16,3)14(22)13(12)20-21-15(23)19-11-6-4-10(18)5-7-11/h4-7,12H,8-9H2,1-3H3,(H2,19,21,23)/b20-13-/t12-,17-/m0/s1. The molecule has 23 heavy (non-hydrogen) atoms. The van der Waals surface area contributed by atoms with Gasteiger partial charge in [-0.2, -0.15) is 5.10 Å². The minimum atomic E-state index is -0.293. The highest BCUT2D eigenvalue weighted by atomic mass is 79.9. The Morgan fingerprint density at radius 2 is 1.96 bits per heavy atom. The Hall–Kier alpha value is -1.27. The summed E-state index contributed by atoms with van der Waals surface area (Å²) in [6.45, 7) is 6.41. The van der Waals surface area contributed by atoms with Crippen molar-refractivity contribution in [1.29, 1.82) is 0 Å². The lowest BCUT2D eigenvalue weighted by Crippen LogP contribution is -2.34. The number of thiocarbonyl (C=S) groups is 1. The number of halogens is 1. The van der Waals surface area contributed by atoms with Crippen LogP contribution in [0, 0.1) is 16.7 Å². The van der Waals surface area contributed by atoms with E-state index in [4.69, 9.17) is 12.2 Å². The molecule has 0 aromatic heterocycles. The summed E-state index contributed by atoms with van der Waals surface area (Å²) in [6, 6.07) is 7.69. The number of anilines is 1. The predicted molar refractivity (Wildman–Crippen MR) is 101 cm³/mol. The quantitative estimate of drug-likeness (QED) is 0.586. The number of hydrogen-bond donors (Lipinski definition) is 2. The molecule has 0 radical (unpaired) electrons. The van der Waals surface area contributed by atoms with Crippen molar-refractivity contribution < 1.29 is 4.79 Å². The summed E-state index contributed by atoms with van der Waals surface area (Å²) in [4.78, 5) is 12.7. The van der Waals surface area contributed by atoms with Gasteiger partial charge in [-0.3, -0.25) is 10.2 Å². The van der Waals surface area contributed by atoms with Crippen LogP contribution in [-0.4, -0.2) is 16.6 Å². The highest BCUT2D eigenvalue weighted by Gasteiger charge is 2.65. The van der Waals surface area contributed by atoms with Gasteiger partial charge in [0.05, 0.1) is 0 Å². The van der Waals surface area contributed by atoms with E-state index in [0.717, 1.165) is 23.0 Å². The second-order valence-corrected chi connectivity index (χ2v) is 8.37. The monoisotopic (exact) mass is 393 g/mol. The summed E-state index contributed by atoms with van der Waals surface area (Å²) in [5, 5.41) is 7.80. The predicted octanol–water partition coefficient (Wildman–Crippen LogP) is 4.12. The molecule has 1 aromatic carbocycles. The molecule has 2 aliphatic rings. The fraction of sp³-hybridized carbons (Fsp3) is 0.471. The van der Waals surface area contributed by atoms with Gasteiger partial charge in [-0.05, 0) is 54.7 Å². The van der Waals surface area contributed by atoms with E-state index in [1.807, 2.05) is 24.3 Å². The largest absolute Gasteiger partial charge is 0.331 e. The van der Waals surface area contributed by atoms with Gasteiger partial charge in [-0.1, -0.05) is 36.7 Å². The molecule has 0 unspecified atom stereocenters. The molecule has 2 bridgehead atoms. The number of carbonyl (C=O) groups excluding carboxylic acids is 1. The molecule has 2 atom stereocenters. The number of fused-ring (bicyclic) bond motifs is 2. The second-order valence-electron chi connectivity index (χ2n) is 7.04. The van der Waals surface area contributed by atoms with E-state index in [-0.39, 0.29) is 22.5 Å². The summed E-state index contributed by atoms with van der Waals surface area (Å²) < 4.78 is 1.00. The Labute approximate surface area is 150 Å². The first-order valence-electron chi connectivity index (χ1n) is 7.70. The lowest BCUT2D eigenvalue weighted by atomic mass is 9.70. The van der Waals surface area contributed by atoms with E-state index >= 15 is 0 Å². The second kappa shape index (κ2) is 5.67. The highest BCUT2D eigenvalue weighted by Crippen LogP contribution is 2.62. The molecule has 0 spiro atoms. The van der Waals surface area contributed by atoms with Gasteiger partial charge in [0.1, 0.15) is 5.71 Å². The molecular formula is C17H20BrN3OS. The SMILES string of the molecule is CC1(C)[C@H]2CC[C@@]1(C)C(=O)/C2=N\NC(=S)Nc1ccc(Br)cc1. The number of Topliss-reactive ketones (excluding diaryl/α,β-unsaturated/α-hetero) is 1. The first kappa shape index (κ1) is 16.6. The summed E-state index contributed by atoms with van der Waals surface area (Å²) in [5.41, 5.74) is 4.02. The number of rotatable bonds is 2. The van der Waals surface area contributed by atoms with E-state index in [1.165, 1.54) is 0 Å². The van der Waals surface area contributed by atoms with Crippen molar-refractivity contribution in [2.45, 2.75) is 33.6 Å². The van der Waals surface area contributed by atoms with Gasteiger partial charge in [0.15, 0.2) is 10.9 Å². The maximum absolute atomic E-state index is 12.7. The number of benzene rings is 1. The van der Waals surface area contributed by atoms with Gasteiger partial charge in [0, 0.05) is 21.5 Å². The third-order valence-electron chi connectivity index (χ3n) is 5.67. The van der Waals surface area contributed by atoms with Crippen LogP contribution in [0.25, 0.3) is 0 Å². The molecule has 1 aromatic rings. The van der Waals surface area contributed by atoms with Crippen molar-refractivity contribution in [1.82, 2.24) is 5.43 Å². The molecule has 0 saturated heterocycles. The fourth-order valence-corrected chi connectivity index (χ4v) is 4.19. The smallest absolute Gasteiger partial charge is 0.191 e. The summed E-state index contributed by atoms with van der Waals surface area (Å²) in [7, 11) is 0. The first-order valence-corrected chi connectivity index (χ1v) is 8.91. The van der Waals surface area contributed by atoms with Crippen LogP contribution < -0.4 is 10.7 Å². The van der Waals surface area contributed by atoms with E-state index in [9.17, 15) is 4.79 Å². The van der Waals surface area contributed by atoms with Gasteiger partial charge in [0.2, 0.25) is 0 Å². The Bertz CT molecular complexity index is 698. The molecule has 122 valence electrons. The molecule has 2 N–H and O–H groups in total. The average Bonchev–Trinajstić information content (AvgIpc) is 2.80. The Balaban J connectivity index is 1.70. The van der Waals surface area contributed by atoms with Crippen LogP contribution in [0.15, 0.2) is 33.8 Å². The molecule has 0 aliphatic heterocycles. The van der Waals surface area contributed by atoms with Crippen LogP contribution in [0.2, 0.25) is 0 Å². The fourth-order valence-electron chi connectivity index (χ4n) is 3.76. The average molecular weight is 394 g/mol. The lowest BCUT2D eigenvalue weighted by Gasteiger charge is -2.31. The van der Waals surface area contributed by atoms with Crippen LogP contribution in [0.4, 0.5) is 5.69 Å². The molecule has 2 saturated carbocycles. The molecule has 0 amide bonds.